The lowest BCUT2D eigenvalue weighted by Gasteiger charge is -2.32. The summed E-state index contributed by atoms with van der Waals surface area (Å²) in [4.78, 5) is 2.45. The Morgan fingerprint density at radius 2 is 1.91 bits per heavy atom. The van der Waals surface area contributed by atoms with E-state index in [-0.39, 0.29) is 0 Å². The minimum Gasteiger partial charge on any atom is -0.361 e. The molecular weight excluding hydrogens is 288 g/mol. The summed E-state index contributed by atoms with van der Waals surface area (Å²) in [6.07, 6.45) is 2.76. The molecule has 0 bridgehead atoms. The number of piperazine rings is 1. The van der Waals surface area contributed by atoms with Crippen LogP contribution in [0.4, 0.5) is 0 Å². The van der Waals surface area contributed by atoms with Gasteiger partial charge in [0.2, 0.25) is 0 Å². The van der Waals surface area contributed by atoms with Crippen LogP contribution < -0.4 is 0 Å². The smallest absolute Gasteiger partial charge is 0.138 e. The van der Waals surface area contributed by atoms with E-state index in [0.29, 0.717) is 0 Å². The van der Waals surface area contributed by atoms with E-state index in [1.165, 1.54) is 5.56 Å². The number of nitrogens with zero attached hydrogens (tertiary/aromatic N) is 4. The Hall–Kier alpha value is -2.14. The minimum atomic E-state index is 0.899. The van der Waals surface area contributed by atoms with Crippen molar-refractivity contribution >= 4 is 6.21 Å². The van der Waals surface area contributed by atoms with Gasteiger partial charge >= 0.3 is 0 Å². The Balaban J connectivity index is 1.51. The van der Waals surface area contributed by atoms with E-state index >= 15 is 0 Å². The molecule has 23 heavy (non-hydrogen) atoms. The van der Waals surface area contributed by atoms with Crippen molar-refractivity contribution < 1.29 is 4.52 Å². The lowest BCUT2D eigenvalue weighted by Crippen LogP contribution is -2.44. The van der Waals surface area contributed by atoms with Gasteiger partial charge in [-0.15, -0.1) is 0 Å². The Morgan fingerprint density at radius 1 is 1.17 bits per heavy atom. The molecule has 1 aromatic heterocycles. The molecule has 1 aliphatic rings. The summed E-state index contributed by atoms with van der Waals surface area (Å²) in [6.45, 7) is 9.15. The van der Waals surface area contributed by atoms with Crippen LogP contribution in [0.3, 0.4) is 0 Å². The van der Waals surface area contributed by atoms with Crippen molar-refractivity contribution in [2.24, 2.45) is 5.10 Å². The Labute approximate surface area is 137 Å². The van der Waals surface area contributed by atoms with E-state index in [9.17, 15) is 0 Å². The Kier molecular flexibility index (Phi) is 5.08. The topological polar surface area (TPSA) is 44.9 Å². The second-order valence-corrected chi connectivity index (χ2v) is 5.96. The molecule has 1 aliphatic heterocycles. The van der Waals surface area contributed by atoms with Crippen molar-refractivity contribution in [1.82, 2.24) is 15.1 Å². The highest BCUT2D eigenvalue weighted by molar-refractivity contribution is 5.59. The lowest BCUT2D eigenvalue weighted by atomic mass is 10.1. The standard InChI is InChI=1S/C18H24N4O/c1-3-19-22-12-10-21(11-13-22)9-8-17-14-18(20-23-17)16-6-4-15(2)5-7-16/h3-7,14H,8-13H2,1-2H3/b19-3-. The van der Waals surface area contributed by atoms with E-state index in [2.05, 4.69) is 57.4 Å². The zero-order valence-corrected chi connectivity index (χ0v) is 13.9. The first kappa shape index (κ1) is 15.7. The minimum absolute atomic E-state index is 0.899. The van der Waals surface area contributed by atoms with Crippen LogP contribution in [0.25, 0.3) is 11.3 Å². The molecule has 0 unspecified atom stereocenters. The van der Waals surface area contributed by atoms with Gasteiger partial charge in [0.1, 0.15) is 11.5 Å². The summed E-state index contributed by atoms with van der Waals surface area (Å²) in [5, 5.41) is 10.7. The third-order valence-corrected chi connectivity index (χ3v) is 4.21. The van der Waals surface area contributed by atoms with Gasteiger partial charge in [0.15, 0.2) is 0 Å². The van der Waals surface area contributed by atoms with E-state index in [1.54, 1.807) is 0 Å². The fourth-order valence-corrected chi connectivity index (χ4v) is 2.80. The van der Waals surface area contributed by atoms with Crippen molar-refractivity contribution in [2.75, 3.05) is 32.7 Å². The summed E-state index contributed by atoms with van der Waals surface area (Å²) in [5.41, 5.74) is 3.28. The average Bonchev–Trinajstić information content (AvgIpc) is 3.04. The highest BCUT2D eigenvalue weighted by Crippen LogP contribution is 2.20. The summed E-state index contributed by atoms with van der Waals surface area (Å²) >= 11 is 0. The molecule has 0 saturated carbocycles. The third-order valence-electron chi connectivity index (χ3n) is 4.21. The van der Waals surface area contributed by atoms with E-state index in [0.717, 1.165) is 56.2 Å². The lowest BCUT2D eigenvalue weighted by molar-refractivity contribution is 0.135. The van der Waals surface area contributed by atoms with Crippen molar-refractivity contribution in [3.8, 4) is 11.3 Å². The van der Waals surface area contributed by atoms with E-state index < -0.39 is 0 Å². The Bertz CT molecular complexity index is 639. The van der Waals surface area contributed by atoms with Crippen LogP contribution in [0.15, 0.2) is 40.0 Å². The van der Waals surface area contributed by atoms with Crippen LogP contribution in [-0.4, -0.2) is 54.0 Å². The predicted molar refractivity (Wildman–Crippen MR) is 92.6 cm³/mol. The van der Waals surface area contributed by atoms with Gasteiger partial charge in [-0.2, -0.15) is 5.10 Å². The first-order valence-corrected chi connectivity index (χ1v) is 8.23. The zero-order valence-electron chi connectivity index (χ0n) is 13.9. The van der Waals surface area contributed by atoms with Crippen molar-refractivity contribution in [3.63, 3.8) is 0 Å². The molecule has 0 N–H and O–H groups in total. The summed E-state index contributed by atoms with van der Waals surface area (Å²) in [6, 6.07) is 10.4. The first-order chi connectivity index (χ1) is 11.2. The van der Waals surface area contributed by atoms with Crippen LogP contribution in [0.5, 0.6) is 0 Å². The molecule has 0 atom stereocenters. The number of aryl methyl sites for hydroxylation is 1. The highest BCUT2D eigenvalue weighted by Gasteiger charge is 2.15. The molecule has 2 heterocycles. The monoisotopic (exact) mass is 312 g/mol. The predicted octanol–water partition coefficient (Wildman–Crippen LogP) is 2.82. The maximum Gasteiger partial charge on any atom is 0.138 e. The molecule has 5 heteroatoms. The normalized spacial score (nSPS) is 16.3. The largest absolute Gasteiger partial charge is 0.361 e. The number of rotatable bonds is 5. The summed E-state index contributed by atoms with van der Waals surface area (Å²) in [5.74, 6) is 0.953. The van der Waals surface area contributed by atoms with Gasteiger partial charge in [0.05, 0.1) is 0 Å². The fourth-order valence-electron chi connectivity index (χ4n) is 2.80. The van der Waals surface area contributed by atoms with Crippen LogP contribution in [0.2, 0.25) is 0 Å². The van der Waals surface area contributed by atoms with Crippen molar-refractivity contribution in [3.05, 3.63) is 41.7 Å². The number of hydrogen-bond donors (Lipinski definition) is 0. The van der Waals surface area contributed by atoms with Crippen LogP contribution >= 0.6 is 0 Å². The highest BCUT2D eigenvalue weighted by atomic mass is 16.5. The third kappa shape index (κ3) is 4.20. The molecule has 0 radical (unpaired) electrons. The molecule has 1 fully saturated rings. The van der Waals surface area contributed by atoms with E-state index in [4.69, 9.17) is 4.52 Å². The summed E-state index contributed by atoms with van der Waals surface area (Å²) in [7, 11) is 0. The zero-order chi connectivity index (χ0) is 16.1. The molecule has 3 rings (SSSR count). The molecule has 0 spiro atoms. The van der Waals surface area contributed by atoms with Gasteiger partial charge in [-0.05, 0) is 13.8 Å². The van der Waals surface area contributed by atoms with Crippen LogP contribution in [0, 0.1) is 6.92 Å². The molecule has 2 aromatic rings. The molecular formula is C18H24N4O. The van der Waals surface area contributed by atoms with Crippen molar-refractivity contribution in [1.29, 1.82) is 0 Å². The molecule has 1 saturated heterocycles. The van der Waals surface area contributed by atoms with Gasteiger partial charge in [-0.25, -0.2) is 0 Å². The maximum absolute atomic E-state index is 5.49. The van der Waals surface area contributed by atoms with Crippen molar-refractivity contribution in [2.45, 2.75) is 20.3 Å². The SMILES string of the molecule is C/C=N\N1CCN(CCc2cc(-c3ccc(C)cc3)no2)CC1. The second kappa shape index (κ2) is 7.42. The van der Waals surface area contributed by atoms with Crippen LogP contribution in [0.1, 0.15) is 18.2 Å². The molecule has 1 aromatic carbocycles. The fraction of sp³-hybridized carbons (Fsp3) is 0.444. The number of hydrogen-bond acceptors (Lipinski definition) is 5. The number of aromatic nitrogens is 1. The van der Waals surface area contributed by atoms with Crippen LogP contribution in [-0.2, 0) is 6.42 Å². The Morgan fingerprint density at radius 3 is 2.61 bits per heavy atom. The van der Waals surface area contributed by atoms with Gasteiger partial charge in [0, 0.05) is 57.0 Å². The van der Waals surface area contributed by atoms with Gasteiger partial charge in [0.25, 0.3) is 0 Å². The number of benzene rings is 1. The van der Waals surface area contributed by atoms with Gasteiger partial charge in [-0.1, -0.05) is 35.0 Å². The molecule has 122 valence electrons. The quantitative estimate of drug-likeness (QED) is 0.796. The second-order valence-electron chi connectivity index (χ2n) is 5.96. The first-order valence-electron chi connectivity index (χ1n) is 8.23. The summed E-state index contributed by atoms with van der Waals surface area (Å²) < 4.78 is 5.49. The molecule has 5 nitrogen and oxygen atoms in total. The van der Waals surface area contributed by atoms with Gasteiger partial charge < -0.3 is 4.52 Å². The molecule has 0 amide bonds. The number of hydrazone groups is 1. The molecule has 0 aliphatic carbocycles. The van der Waals surface area contributed by atoms with E-state index in [1.807, 2.05) is 13.1 Å². The maximum atomic E-state index is 5.49. The average molecular weight is 312 g/mol. The van der Waals surface area contributed by atoms with Gasteiger partial charge in [-0.3, -0.25) is 9.91 Å².